The van der Waals surface area contributed by atoms with Crippen molar-refractivity contribution in [2.75, 3.05) is 0 Å². The number of aliphatic carboxylic acids is 2. The predicted molar refractivity (Wildman–Crippen MR) is 56.1 cm³/mol. The Morgan fingerprint density at radius 1 is 1.11 bits per heavy atom. The van der Waals surface area contributed by atoms with Gasteiger partial charge in [0.1, 0.15) is 0 Å². The number of nitro benzene ring substituents is 1. The number of carbonyl (C=O) groups excluding carboxylic acids is 2. The fraction of sp³-hybridized carbons (Fsp3) is 0.200. The Morgan fingerprint density at radius 3 is 1.89 bits per heavy atom. The van der Waals surface area contributed by atoms with Gasteiger partial charge in [0, 0.05) is 18.1 Å². The molecule has 0 saturated heterocycles. The summed E-state index contributed by atoms with van der Waals surface area (Å²) < 4.78 is 0. The number of non-ortho nitro benzene ring substituents is 1. The monoisotopic (exact) mass is 261 g/mol. The van der Waals surface area contributed by atoms with Gasteiger partial charge in [-0.25, -0.2) is 0 Å². The molecule has 0 heterocycles. The first-order valence-electron chi connectivity index (χ1n) is 4.57. The van der Waals surface area contributed by atoms with E-state index in [0.29, 0.717) is 5.56 Å². The number of benzene rings is 1. The van der Waals surface area contributed by atoms with Gasteiger partial charge in [0.15, 0.2) is 0 Å². The molecule has 8 heteroatoms. The van der Waals surface area contributed by atoms with Crippen molar-refractivity contribution >= 4 is 40.7 Å². The van der Waals surface area contributed by atoms with E-state index in [9.17, 15) is 29.9 Å². The first kappa shape index (κ1) is 16.3. The number of hydrogen-bond donors (Lipinski definition) is 0. The minimum Gasteiger partial charge on any atom is -0.549 e. The van der Waals surface area contributed by atoms with Crippen LogP contribution in [-0.2, 0) is 16.0 Å². The third-order valence-corrected chi connectivity index (χ3v) is 2.16. The molecule has 0 N–H and O–H groups in total. The smallest absolute Gasteiger partial charge is 0.549 e. The summed E-state index contributed by atoms with van der Waals surface area (Å²) in [6.07, 6.45) is -0.331. The minimum absolute atomic E-state index is 0. The van der Waals surface area contributed by atoms with Crippen molar-refractivity contribution in [1.82, 2.24) is 0 Å². The molecule has 18 heavy (non-hydrogen) atoms. The SMILES string of the molecule is O=C([O-])C(Cc1ccc([N+](=O)[O-])cc1)C(=O)[O-].[Mg+2]. The molecule has 0 radical (unpaired) electrons. The van der Waals surface area contributed by atoms with Gasteiger partial charge in [0.2, 0.25) is 0 Å². The van der Waals surface area contributed by atoms with Gasteiger partial charge in [-0.15, -0.1) is 0 Å². The van der Waals surface area contributed by atoms with Crippen LogP contribution >= 0.6 is 0 Å². The average molecular weight is 261 g/mol. The molecule has 0 atom stereocenters. The van der Waals surface area contributed by atoms with Crippen LogP contribution in [0.25, 0.3) is 0 Å². The maximum atomic E-state index is 10.5. The number of rotatable bonds is 5. The fourth-order valence-electron chi connectivity index (χ4n) is 1.25. The zero-order chi connectivity index (χ0) is 13.0. The zero-order valence-corrected chi connectivity index (χ0v) is 10.6. The van der Waals surface area contributed by atoms with Crippen LogP contribution in [0, 0.1) is 16.0 Å². The van der Waals surface area contributed by atoms with Gasteiger partial charge in [0.25, 0.3) is 5.69 Å². The van der Waals surface area contributed by atoms with Gasteiger partial charge in [-0.3, -0.25) is 10.1 Å². The molecule has 0 aliphatic rings. The van der Waals surface area contributed by atoms with Gasteiger partial charge >= 0.3 is 23.1 Å². The van der Waals surface area contributed by atoms with Gasteiger partial charge in [-0.1, -0.05) is 12.1 Å². The summed E-state index contributed by atoms with van der Waals surface area (Å²) in [5, 5.41) is 31.3. The van der Waals surface area contributed by atoms with Crippen molar-refractivity contribution in [3.05, 3.63) is 39.9 Å². The number of carbonyl (C=O) groups is 2. The average Bonchev–Trinajstić information content (AvgIpc) is 2.25. The quantitative estimate of drug-likeness (QED) is 0.258. The van der Waals surface area contributed by atoms with Crippen molar-refractivity contribution in [2.45, 2.75) is 6.42 Å². The second kappa shape index (κ2) is 6.92. The Morgan fingerprint density at radius 2 is 1.56 bits per heavy atom. The third-order valence-electron chi connectivity index (χ3n) is 2.16. The molecule has 0 aromatic heterocycles. The summed E-state index contributed by atoms with van der Waals surface area (Å²) >= 11 is 0. The number of hydrogen-bond acceptors (Lipinski definition) is 6. The van der Waals surface area contributed by atoms with Crippen molar-refractivity contribution in [2.24, 2.45) is 5.92 Å². The number of nitro groups is 1. The Balaban J connectivity index is 0.00000289. The molecule has 1 rings (SSSR count). The van der Waals surface area contributed by atoms with E-state index >= 15 is 0 Å². The largest absolute Gasteiger partial charge is 2.00 e. The van der Waals surface area contributed by atoms with Crippen LogP contribution in [0.1, 0.15) is 5.56 Å². The van der Waals surface area contributed by atoms with E-state index < -0.39 is 22.8 Å². The second-order valence-corrected chi connectivity index (χ2v) is 3.32. The second-order valence-electron chi connectivity index (χ2n) is 3.32. The van der Waals surface area contributed by atoms with Gasteiger partial charge in [-0.2, -0.15) is 0 Å². The maximum absolute atomic E-state index is 10.5. The van der Waals surface area contributed by atoms with Crippen molar-refractivity contribution < 1.29 is 24.7 Å². The van der Waals surface area contributed by atoms with E-state index in [1.165, 1.54) is 12.1 Å². The van der Waals surface area contributed by atoms with Gasteiger partial charge in [0.05, 0.1) is 16.9 Å². The molecule has 0 aliphatic carbocycles. The Hall–Kier alpha value is -1.67. The molecule has 0 fully saturated rings. The summed E-state index contributed by atoms with van der Waals surface area (Å²) in [7, 11) is 0. The number of carboxylic acid groups (broad SMARTS) is 2. The van der Waals surface area contributed by atoms with Crippen molar-refractivity contribution in [1.29, 1.82) is 0 Å². The molecular formula is C10H7MgNO6. The molecule has 7 nitrogen and oxygen atoms in total. The minimum atomic E-state index is -1.77. The zero-order valence-electron chi connectivity index (χ0n) is 9.20. The van der Waals surface area contributed by atoms with E-state index in [0.717, 1.165) is 12.1 Å². The summed E-state index contributed by atoms with van der Waals surface area (Å²) in [6.45, 7) is 0. The Bertz CT molecular complexity index is 444. The Labute approximate surface area is 118 Å². The standard InChI is InChI=1S/C10H9NO6.Mg/c12-9(13)8(10(14)15)5-6-1-3-7(4-2-6)11(16)17;/h1-4,8H,5H2,(H,12,13)(H,14,15);/q;+2/p-2. The van der Waals surface area contributed by atoms with Crippen LogP contribution in [0.4, 0.5) is 5.69 Å². The van der Waals surface area contributed by atoms with Crippen LogP contribution in [-0.4, -0.2) is 39.9 Å². The molecular weight excluding hydrogens is 254 g/mol. The van der Waals surface area contributed by atoms with E-state index in [1.54, 1.807) is 0 Å². The Kier molecular flexibility index (Phi) is 6.27. The van der Waals surface area contributed by atoms with Crippen LogP contribution in [0.15, 0.2) is 24.3 Å². The van der Waals surface area contributed by atoms with E-state index in [2.05, 4.69) is 0 Å². The summed E-state index contributed by atoms with van der Waals surface area (Å²) in [4.78, 5) is 30.7. The molecule has 0 aliphatic heterocycles. The number of carboxylic acids is 2. The summed E-state index contributed by atoms with van der Waals surface area (Å²) in [5.41, 5.74) is 0.182. The van der Waals surface area contributed by atoms with Crippen LogP contribution in [0.3, 0.4) is 0 Å². The molecule has 1 aromatic carbocycles. The van der Waals surface area contributed by atoms with Gasteiger partial charge < -0.3 is 19.8 Å². The molecule has 0 amide bonds. The van der Waals surface area contributed by atoms with Crippen molar-refractivity contribution in [3.8, 4) is 0 Å². The van der Waals surface area contributed by atoms with Crippen LogP contribution in [0.2, 0.25) is 0 Å². The summed E-state index contributed by atoms with van der Waals surface area (Å²) in [6, 6.07) is 4.90. The molecule has 0 bridgehead atoms. The number of nitrogens with zero attached hydrogens (tertiary/aromatic N) is 1. The predicted octanol–water partition coefficient (Wildman–Crippen LogP) is -2.13. The fourth-order valence-corrected chi connectivity index (χ4v) is 1.25. The van der Waals surface area contributed by atoms with E-state index in [-0.39, 0.29) is 35.2 Å². The summed E-state index contributed by atoms with van der Waals surface area (Å²) in [5.74, 6) is -5.26. The first-order chi connectivity index (χ1) is 7.91. The van der Waals surface area contributed by atoms with E-state index in [1.807, 2.05) is 0 Å². The molecule has 90 valence electrons. The molecule has 0 unspecified atom stereocenters. The third kappa shape index (κ3) is 4.30. The molecule has 0 spiro atoms. The molecule has 1 aromatic rings. The van der Waals surface area contributed by atoms with Crippen LogP contribution < -0.4 is 10.2 Å². The van der Waals surface area contributed by atoms with Crippen LogP contribution in [0.5, 0.6) is 0 Å². The van der Waals surface area contributed by atoms with Crippen molar-refractivity contribution in [3.63, 3.8) is 0 Å². The molecule has 0 saturated carbocycles. The first-order valence-corrected chi connectivity index (χ1v) is 4.57. The maximum Gasteiger partial charge on any atom is 2.00 e. The van der Waals surface area contributed by atoms with Gasteiger partial charge in [-0.05, 0) is 12.0 Å². The van der Waals surface area contributed by atoms with E-state index in [4.69, 9.17) is 0 Å². The normalized spacial score (nSPS) is 9.61. The topological polar surface area (TPSA) is 123 Å².